The van der Waals surface area contributed by atoms with E-state index in [2.05, 4.69) is 15.2 Å². The van der Waals surface area contributed by atoms with Crippen LogP contribution in [0.15, 0.2) is 18.3 Å². The van der Waals surface area contributed by atoms with Gasteiger partial charge >= 0.3 is 0 Å². The van der Waals surface area contributed by atoms with E-state index < -0.39 is 6.29 Å². The van der Waals surface area contributed by atoms with Crippen molar-refractivity contribution in [2.24, 2.45) is 0 Å². The van der Waals surface area contributed by atoms with Crippen molar-refractivity contribution in [3.05, 3.63) is 23.9 Å². The van der Waals surface area contributed by atoms with Crippen LogP contribution in [0.5, 0.6) is 0 Å². The quantitative estimate of drug-likeness (QED) is 0.759. The minimum absolute atomic E-state index is 0.191. The molecule has 1 saturated heterocycles. The average molecular weight is 295 g/mol. The van der Waals surface area contributed by atoms with Gasteiger partial charge in [-0.15, -0.1) is 0 Å². The summed E-state index contributed by atoms with van der Waals surface area (Å²) < 4.78 is 15.4. The highest BCUT2D eigenvalue weighted by Crippen LogP contribution is 2.18. The van der Waals surface area contributed by atoms with Crippen LogP contribution < -0.4 is 10.2 Å². The van der Waals surface area contributed by atoms with E-state index >= 15 is 0 Å². The SMILES string of the molecule is COC(CNC(=O)c1cccnc1N1CCOCC1)OC. The van der Waals surface area contributed by atoms with Gasteiger partial charge in [0.2, 0.25) is 0 Å². The Bertz CT molecular complexity index is 459. The van der Waals surface area contributed by atoms with Gasteiger partial charge in [0.25, 0.3) is 5.91 Å². The molecule has 7 nitrogen and oxygen atoms in total. The van der Waals surface area contributed by atoms with Gasteiger partial charge in [-0.1, -0.05) is 0 Å². The molecule has 0 spiro atoms. The molecule has 0 aliphatic carbocycles. The van der Waals surface area contributed by atoms with Crippen molar-refractivity contribution in [2.75, 3.05) is 52.0 Å². The summed E-state index contributed by atoms with van der Waals surface area (Å²) in [5.41, 5.74) is 0.547. The minimum atomic E-state index is -0.461. The molecule has 1 amide bonds. The van der Waals surface area contributed by atoms with E-state index in [4.69, 9.17) is 14.2 Å². The highest BCUT2D eigenvalue weighted by Gasteiger charge is 2.20. The van der Waals surface area contributed by atoms with Crippen molar-refractivity contribution in [1.29, 1.82) is 0 Å². The van der Waals surface area contributed by atoms with Gasteiger partial charge in [-0.05, 0) is 12.1 Å². The Labute approximate surface area is 124 Å². The monoisotopic (exact) mass is 295 g/mol. The summed E-state index contributed by atoms with van der Waals surface area (Å²) in [6, 6.07) is 3.52. The molecule has 21 heavy (non-hydrogen) atoms. The van der Waals surface area contributed by atoms with E-state index in [1.807, 2.05) is 0 Å². The summed E-state index contributed by atoms with van der Waals surface area (Å²) >= 11 is 0. The van der Waals surface area contributed by atoms with Crippen LogP contribution in [0.1, 0.15) is 10.4 Å². The summed E-state index contributed by atoms with van der Waals surface area (Å²) in [6.07, 6.45) is 1.23. The first kappa shape index (κ1) is 15.7. The van der Waals surface area contributed by atoms with Crippen LogP contribution in [0.25, 0.3) is 0 Å². The number of ether oxygens (including phenoxy) is 3. The predicted molar refractivity (Wildman–Crippen MR) is 77.4 cm³/mol. The molecular weight excluding hydrogens is 274 g/mol. The van der Waals surface area contributed by atoms with Crippen LogP contribution >= 0.6 is 0 Å². The lowest BCUT2D eigenvalue weighted by molar-refractivity contribution is -0.0974. The first-order valence-corrected chi connectivity index (χ1v) is 6.87. The number of anilines is 1. The van der Waals surface area contributed by atoms with Crippen molar-refractivity contribution < 1.29 is 19.0 Å². The van der Waals surface area contributed by atoms with E-state index in [0.29, 0.717) is 24.6 Å². The summed E-state index contributed by atoms with van der Waals surface area (Å²) in [5.74, 6) is 0.494. The Hall–Kier alpha value is -1.70. The van der Waals surface area contributed by atoms with Crippen LogP contribution in [0.4, 0.5) is 5.82 Å². The number of amides is 1. The number of carbonyl (C=O) groups is 1. The third-order valence-electron chi connectivity index (χ3n) is 3.30. The molecule has 0 saturated carbocycles. The van der Waals surface area contributed by atoms with Crippen LogP contribution in [0, 0.1) is 0 Å². The van der Waals surface area contributed by atoms with E-state index in [-0.39, 0.29) is 12.5 Å². The van der Waals surface area contributed by atoms with E-state index in [0.717, 1.165) is 13.1 Å². The van der Waals surface area contributed by atoms with E-state index in [1.165, 1.54) is 14.2 Å². The summed E-state index contributed by atoms with van der Waals surface area (Å²) in [5, 5.41) is 2.79. The average Bonchev–Trinajstić information content (AvgIpc) is 2.56. The van der Waals surface area contributed by atoms with Crippen LogP contribution in [0.3, 0.4) is 0 Å². The molecule has 0 bridgehead atoms. The molecule has 1 aliphatic rings. The van der Waals surface area contributed by atoms with Gasteiger partial charge in [0.1, 0.15) is 5.82 Å². The standard InChI is InChI=1S/C14H21N3O4/c1-19-12(20-2)10-16-14(18)11-4-3-5-15-13(11)17-6-8-21-9-7-17/h3-5,12H,6-10H2,1-2H3,(H,16,18). The number of nitrogens with one attached hydrogen (secondary N) is 1. The Kier molecular flexibility index (Phi) is 5.91. The Morgan fingerprint density at radius 2 is 2.14 bits per heavy atom. The van der Waals surface area contributed by atoms with Gasteiger partial charge in [-0.2, -0.15) is 0 Å². The van der Waals surface area contributed by atoms with Gasteiger partial charge in [-0.3, -0.25) is 4.79 Å². The third kappa shape index (κ3) is 4.13. The fraction of sp³-hybridized carbons (Fsp3) is 0.571. The largest absolute Gasteiger partial charge is 0.378 e. The molecule has 1 aromatic heterocycles. The maximum absolute atomic E-state index is 12.3. The normalized spacial score (nSPS) is 15.3. The summed E-state index contributed by atoms with van der Waals surface area (Å²) in [4.78, 5) is 18.7. The molecule has 7 heteroatoms. The second-order valence-electron chi connectivity index (χ2n) is 4.58. The molecule has 116 valence electrons. The van der Waals surface area contributed by atoms with Crippen molar-refractivity contribution in [2.45, 2.75) is 6.29 Å². The maximum Gasteiger partial charge on any atom is 0.255 e. The first-order valence-electron chi connectivity index (χ1n) is 6.87. The second-order valence-corrected chi connectivity index (χ2v) is 4.58. The van der Waals surface area contributed by atoms with Crippen LogP contribution in [-0.2, 0) is 14.2 Å². The number of rotatable bonds is 6. The number of hydrogen-bond acceptors (Lipinski definition) is 6. The number of aromatic nitrogens is 1. The number of morpholine rings is 1. The maximum atomic E-state index is 12.3. The zero-order valence-corrected chi connectivity index (χ0v) is 12.4. The highest BCUT2D eigenvalue weighted by atomic mass is 16.7. The van der Waals surface area contributed by atoms with Crippen molar-refractivity contribution >= 4 is 11.7 Å². The Morgan fingerprint density at radius 1 is 1.43 bits per heavy atom. The van der Waals surface area contributed by atoms with Gasteiger partial charge < -0.3 is 24.4 Å². The van der Waals surface area contributed by atoms with E-state index in [9.17, 15) is 4.79 Å². The lowest BCUT2D eigenvalue weighted by Gasteiger charge is -2.29. The zero-order valence-electron chi connectivity index (χ0n) is 12.4. The third-order valence-corrected chi connectivity index (χ3v) is 3.30. The molecule has 2 rings (SSSR count). The smallest absolute Gasteiger partial charge is 0.255 e. The Balaban J connectivity index is 2.06. The fourth-order valence-electron chi connectivity index (χ4n) is 2.14. The Morgan fingerprint density at radius 3 is 2.81 bits per heavy atom. The predicted octanol–water partition coefficient (Wildman–Crippen LogP) is 0.267. The van der Waals surface area contributed by atoms with Gasteiger partial charge in [-0.25, -0.2) is 4.98 Å². The van der Waals surface area contributed by atoms with Crippen LogP contribution in [-0.4, -0.2) is 64.2 Å². The van der Waals surface area contributed by atoms with Crippen molar-refractivity contribution in [3.63, 3.8) is 0 Å². The lowest BCUT2D eigenvalue weighted by atomic mass is 10.2. The molecule has 1 aromatic rings. The van der Waals surface area contributed by atoms with Crippen molar-refractivity contribution in [3.8, 4) is 0 Å². The molecule has 1 aliphatic heterocycles. The topological polar surface area (TPSA) is 72.9 Å². The van der Waals surface area contributed by atoms with Crippen molar-refractivity contribution in [1.82, 2.24) is 10.3 Å². The molecule has 1 N–H and O–H groups in total. The van der Waals surface area contributed by atoms with Crippen LogP contribution in [0.2, 0.25) is 0 Å². The zero-order chi connectivity index (χ0) is 15.1. The molecule has 0 radical (unpaired) electrons. The minimum Gasteiger partial charge on any atom is -0.378 e. The molecule has 0 aromatic carbocycles. The molecule has 2 heterocycles. The molecule has 0 atom stereocenters. The highest BCUT2D eigenvalue weighted by molar-refractivity contribution is 5.98. The lowest BCUT2D eigenvalue weighted by Crippen LogP contribution is -2.39. The van der Waals surface area contributed by atoms with Gasteiger partial charge in [0.15, 0.2) is 6.29 Å². The first-order chi connectivity index (χ1) is 10.3. The van der Waals surface area contributed by atoms with Gasteiger partial charge in [0.05, 0.1) is 25.3 Å². The fourth-order valence-corrected chi connectivity index (χ4v) is 2.14. The number of nitrogens with zero attached hydrogens (tertiary/aromatic N) is 2. The molecular formula is C14H21N3O4. The number of methoxy groups -OCH3 is 2. The molecule has 1 fully saturated rings. The number of pyridine rings is 1. The number of hydrogen-bond donors (Lipinski definition) is 1. The van der Waals surface area contributed by atoms with Gasteiger partial charge in [0, 0.05) is 33.5 Å². The second kappa shape index (κ2) is 7.92. The van der Waals surface area contributed by atoms with E-state index in [1.54, 1.807) is 18.3 Å². The number of carbonyl (C=O) groups excluding carboxylic acids is 1. The summed E-state index contributed by atoms with van der Waals surface area (Å²) in [6.45, 7) is 3.04. The summed E-state index contributed by atoms with van der Waals surface area (Å²) in [7, 11) is 3.06. The molecule has 0 unspecified atom stereocenters.